The maximum Gasteiger partial charge on any atom is 0.129 e. The molecule has 2 fully saturated rings. The Balaban J connectivity index is 1.79. The summed E-state index contributed by atoms with van der Waals surface area (Å²) in [6, 6.07) is 4.34. The molecule has 2 N–H and O–H groups in total. The molecule has 116 valence electrons. The predicted molar refractivity (Wildman–Crippen MR) is 79.8 cm³/mol. The first-order valence-electron chi connectivity index (χ1n) is 7.52. The molecule has 2 atom stereocenters. The molecule has 0 aromatic heterocycles. The van der Waals surface area contributed by atoms with E-state index in [1.807, 2.05) is 0 Å². The molecule has 0 aliphatic carbocycles. The molecule has 2 unspecified atom stereocenters. The van der Waals surface area contributed by atoms with Crippen molar-refractivity contribution in [3.8, 4) is 0 Å². The fourth-order valence-electron chi connectivity index (χ4n) is 3.53. The summed E-state index contributed by atoms with van der Waals surface area (Å²) < 4.78 is 25.5. The fourth-order valence-corrected chi connectivity index (χ4v) is 3.82. The summed E-state index contributed by atoms with van der Waals surface area (Å²) in [5.74, 6) is -0.131. The molecule has 0 amide bonds. The van der Waals surface area contributed by atoms with E-state index >= 15 is 0 Å². The van der Waals surface area contributed by atoms with Crippen LogP contribution in [0.15, 0.2) is 18.2 Å². The van der Waals surface area contributed by atoms with Crippen LogP contribution in [0, 0.1) is 11.7 Å². The van der Waals surface area contributed by atoms with Crippen LogP contribution in [0.1, 0.15) is 37.3 Å². The molecule has 0 saturated carbocycles. The first-order valence-corrected chi connectivity index (χ1v) is 7.90. The Morgan fingerprint density at radius 2 is 2.05 bits per heavy atom. The maximum absolute atomic E-state index is 14.1. The summed E-state index contributed by atoms with van der Waals surface area (Å²) in [5, 5.41) is 0.412. The van der Waals surface area contributed by atoms with E-state index in [1.54, 1.807) is 12.1 Å². The van der Waals surface area contributed by atoms with Crippen molar-refractivity contribution in [2.24, 2.45) is 11.7 Å². The summed E-state index contributed by atoms with van der Waals surface area (Å²) >= 11 is 6.15. The molecule has 5 heteroatoms. The van der Waals surface area contributed by atoms with Crippen LogP contribution in [0.4, 0.5) is 4.39 Å². The minimum atomic E-state index is -0.387. The minimum absolute atomic E-state index is 0.142. The summed E-state index contributed by atoms with van der Waals surface area (Å²) in [4.78, 5) is 0. The van der Waals surface area contributed by atoms with E-state index in [9.17, 15) is 4.39 Å². The Bertz CT molecular complexity index is 479. The Hall–Kier alpha value is -0.680. The van der Waals surface area contributed by atoms with Gasteiger partial charge in [-0.3, -0.25) is 0 Å². The van der Waals surface area contributed by atoms with Gasteiger partial charge in [0.15, 0.2) is 0 Å². The number of ether oxygens (including phenoxy) is 2. The lowest BCUT2D eigenvalue weighted by Gasteiger charge is -2.44. The molecule has 1 aromatic rings. The van der Waals surface area contributed by atoms with Gasteiger partial charge in [0, 0.05) is 36.4 Å². The third kappa shape index (κ3) is 3.09. The molecule has 0 bridgehead atoms. The first-order chi connectivity index (χ1) is 10.1. The van der Waals surface area contributed by atoms with Gasteiger partial charge in [0.25, 0.3) is 0 Å². The van der Waals surface area contributed by atoms with E-state index < -0.39 is 0 Å². The van der Waals surface area contributed by atoms with Gasteiger partial charge in [-0.2, -0.15) is 0 Å². The average Bonchev–Trinajstić information content (AvgIpc) is 2.48. The maximum atomic E-state index is 14.1. The van der Waals surface area contributed by atoms with E-state index in [2.05, 4.69) is 0 Å². The zero-order valence-electron chi connectivity index (χ0n) is 12.0. The average molecular weight is 314 g/mol. The van der Waals surface area contributed by atoms with E-state index in [-0.39, 0.29) is 23.4 Å². The summed E-state index contributed by atoms with van der Waals surface area (Å²) in [5.41, 5.74) is 6.65. The molecule has 1 aromatic carbocycles. The van der Waals surface area contributed by atoms with Crippen LogP contribution in [-0.4, -0.2) is 25.4 Å². The van der Waals surface area contributed by atoms with Gasteiger partial charge in [-0.15, -0.1) is 0 Å². The number of hydrogen-bond acceptors (Lipinski definition) is 3. The van der Waals surface area contributed by atoms with Crippen molar-refractivity contribution in [1.82, 2.24) is 0 Å². The molecular formula is C16H21ClFNO2. The Kier molecular flexibility index (Phi) is 4.50. The van der Waals surface area contributed by atoms with E-state index in [0.717, 1.165) is 38.9 Å². The molecule has 2 heterocycles. The van der Waals surface area contributed by atoms with Crippen molar-refractivity contribution in [1.29, 1.82) is 0 Å². The monoisotopic (exact) mass is 313 g/mol. The van der Waals surface area contributed by atoms with E-state index in [4.69, 9.17) is 26.8 Å². The van der Waals surface area contributed by atoms with Gasteiger partial charge >= 0.3 is 0 Å². The van der Waals surface area contributed by atoms with Crippen molar-refractivity contribution >= 4 is 11.6 Å². The lowest BCUT2D eigenvalue weighted by Crippen LogP contribution is -2.46. The first kappa shape index (κ1) is 15.2. The van der Waals surface area contributed by atoms with Crippen molar-refractivity contribution < 1.29 is 13.9 Å². The van der Waals surface area contributed by atoms with Crippen molar-refractivity contribution in [2.75, 3.05) is 19.8 Å². The molecule has 3 rings (SSSR count). The Labute approximate surface area is 129 Å². The largest absolute Gasteiger partial charge is 0.381 e. The van der Waals surface area contributed by atoms with Crippen LogP contribution < -0.4 is 5.73 Å². The quantitative estimate of drug-likeness (QED) is 0.909. The Morgan fingerprint density at radius 3 is 2.76 bits per heavy atom. The highest BCUT2D eigenvalue weighted by Gasteiger charge is 2.41. The van der Waals surface area contributed by atoms with Crippen LogP contribution in [0.2, 0.25) is 5.02 Å². The number of halogens is 2. The highest BCUT2D eigenvalue weighted by Crippen LogP contribution is 2.42. The second-order valence-electron chi connectivity index (χ2n) is 6.06. The SMILES string of the molecule is NC(c1c(F)cccc1Cl)C1CCOC2(CCOCC2)C1. The number of nitrogens with two attached hydrogens (primary N) is 1. The lowest BCUT2D eigenvalue weighted by atomic mass is 9.76. The normalized spacial score (nSPS) is 26.7. The lowest BCUT2D eigenvalue weighted by molar-refractivity contribution is -0.149. The van der Waals surface area contributed by atoms with Crippen molar-refractivity contribution in [3.63, 3.8) is 0 Å². The number of rotatable bonds is 2. The van der Waals surface area contributed by atoms with Gasteiger partial charge in [-0.05, 0) is 43.7 Å². The second-order valence-corrected chi connectivity index (χ2v) is 6.47. The third-order valence-electron chi connectivity index (χ3n) is 4.78. The molecule has 3 nitrogen and oxygen atoms in total. The van der Waals surface area contributed by atoms with Gasteiger partial charge in [-0.25, -0.2) is 4.39 Å². The molecule has 2 aliphatic heterocycles. The van der Waals surface area contributed by atoms with E-state index in [1.165, 1.54) is 6.07 Å². The fraction of sp³-hybridized carbons (Fsp3) is 0.625. The predicted octanol–water partition coefficient (Wildman–Crippen LogP) is 3.45. The molecular weight excluding hydrogens is 293 g/mol. The van der Waals surface area contributed by atoms with Crippen LogP contribution in [-0.2, 0) is 9.47 Å². The van der Waals surface area contributed by atoms with Gasteiger partial charge in [0.1, 0.15) is 5.82 Å². The second kappa shape index (κ2) is 6.21. The Morgan fingerprint density at radius 1 is 1.29 bits per heavy atom. The highest BCUT2D eigenvalue weighted by atomic mass is 35.5. The van der Waals surface area contributed by atoms with Crippen LogP contribution in [0.3, 0.4) is 0 Å². The smallest absolute Gasteiger partial charge is 0.129 e. The summed E-state index contributed by atoms with van der Waals surface area (Å²) in [6.45, 7) is 2.12. The molecule has 21 heavy (non-hydrogen) atoms. The molecule has 1 spiro atoms. The van der Waals surface area contributed by atoms with Gasteiger partial charge in [0.05, 0.1) is 5.60 Å². The zero-order chi connectivity index (χ0) is 14.9. The van der Waals surface area contributed by atoms with Crippen LogP contribution in [0.25, 0.3) is 0 Å². The third-order valence-corrected chi connectivity index (χ3v) is 5.11. The minimum Gasteiger partial charge on any atom is -0.381 e. The van der Waals surface area contributed by atoms with E-state index in [0.29, 0.717) is 17.2 Å². The standard InChI is InChI=1S/C16H21ClFNO2/c17-12-2-1-3-13(18)14(12)15(19)11-4-7-21-16(10-11)5-8-20-9-6-16/h1-3,11,15H,4-10,19H2. The number of hydrogen-bond donors (Lipinski definition) is 1. The highest BCUT2D eigenvalue weighted by molar-refractivity contribution is 6.31. The molecule has 2 saturated heterocycles. The van der Waals surface area contributed by atoms with Crippen molar-refractivity contribution in [2.45, 2.75) is 37.3 Å². The summed E-state index contributed by atoms with van der Waals surface area (Å²) in [6.07, 6.45) is 3.47. The number of benzene rings is 1. The van der Waals surface area contributed by atoms with Gasteiger partial charge < -0.3 is 15.2 Å². The molecule has 0 radical (unpaired) electrons. The topological polar surface area (TPSA) is 44.5 Å². The van der Waals surface area contributed by atoms with Crippen LogP contribution >= 0.6 is 11.6 Å². The van der Waals surface area contributed by atoms with Crippen molar-refractivity contribution in [3.05, 3.63) is 34.6 Å². The van der Waals surface area contributed by atoms with Crippen LogP contribution in [0.5, 0.6) is 0 Å². The van der Waals surface area contributed by atoms with Gasteiger partial charge in [-0.1, -0.05) is 17.7 Å². The molecule has 2 aliphatic rings. The zero-order valence-corrected chi connectivity index (χ0v) is 12.7. The summed E-state index contributed by atoms with van der Waals surface area (Å²) in [7, 11) is 0. The van der Waals surface area contributed by atoms with Gasteiger partial charge in [0.2, 0.25) is 0 Å².